The number of carbonyl (C=O) groups excluding carboxylic acids is 1. The van der Waals surface area contributed by atoms with E-state index in [1.807, 2.05) is 13.8 Å². The van der Waals surface area contributed by atoms with Crippen LogP contribution < -0.4 is 5.32 Å². The van der Waals surface area contributed by atoms with Crippen LogP contribution in [0.1, 0.15) is 24.8 Å². The summed E-state index contributed by atoms with van der Waals surface area (Å²) in [5.41, 5.74) is 0.571. The van der Waals surface area contributed by atoms with Gasteiger partial charge in [-0.2, -0.15) is 4.31 Å². The van der Waals surface area contributed by atoms with E-state index in [2.05, 4.69) is 10.3 Å². The molecule has 1 amide bonds. The van der Waals surface area contributed by atoms with Gasteiger partial charge in [0.05, 0.1) is 37.1 Å². The number of halogens is 2. The zero-order chi connectivity index (χ0) is 23.8. The Morgan fingerprint density at radius 3 is 2.61 bits per heavy atom. The minimum atomic E-state index is -3.60. The number of aromatic nitrogens is 2. The fourth-order valence-corrected chi connectivity index (χ4v) is 6.64. The van der Waals surface area contributed by atoms with Crippen molar-refractivity contribution in [2.24, 2.45) is 5.92 Å². The number of hydrogen-bond acceptors (Lipinski definition) is 6. The molecule has 1 aromatic carbocycles. The lowest BCUT2D eigenvalue weighted by Gasteiger charge is -2.25. The highest BCUT2D eigenvalue weighted by Gasteiger charge is 2.29. The van der Waals surface area contributed by atoms with Crippen molar-refractivity contribution in [3.63, 3.8) is 0 Å². The van der Waals surface area contributed by atoms with Crippen molar-refractivity contribution >= 4 is 38.3 Å². The standard InChI is InChI=1S/C21H24F2N4O4S2/c1-13(2)20(27-12-25-17-9-15(22)16(23)10-18(17)27)21(28)24-11-14-3-4-19(32-14)33(29,30)26-5-7-31-8-6-26/h3-4,9-10,12-13,20H,5-8,11H2,1-2H3,(H,24,28). The van der Waals surface area contributed by atoms with Crippen molar-refractivity contribution in [2.45, 2.75) is 30.6 Å². The molecule has 2 aromatic heterocycles. The van der Waals surface area contributed by atoms with E-state index in [0.29, 0.717) is 36.7 Å². The van der Waals surface area contributed by atoms with Gasteiger partial charge >= 0.3 is 0 Å². The number of benzene rings is 1. The molecule has 0 aliphatic carbocycles. The van der Waals surface area contributed by atoms with Crippen molar-refractivity contribution in [2.75, 3.05) is 26.3 Å². The Kier molecular flexibility index (Phi) is 6.80. The highest BCUT2D eigenvalue weighted by atomic mass is 32.2. The maximum absolute atomic E-state index is 13.8. The first kappa shape index (κ1) is 23.7. The number of fused-ring (bicyclic) bond motifs is 1. The van der Waals surface area contributed by atoms with Crippen LogP contribution >= 0.6 is 11.3 Å². The maximum atomic E-state index is 13.8. The van der Waals surface area contributed by atoms with Gasteiger partial charge in [-0.3, -0.25) is 4.79 Å². The monoisotopic (exact) mass is 498 g/mol. The molecule has 33 heavy (non-hydrogen) atoms. The number of hydrogen-bond donors (Lipinski definition) is 1. The van der Waals surface area contributed by atoms with Crippen LogP contribution in [0, 0.1) is 17.6 Å². The van der Waals surface area contributed by atoms with Crippen LogP contribution in [0.15, 0.2) is 34.8 Å². The van der Waals surface area contributed by atoms with Gasteiger partial charge in [-0.05, 0) is 18.1 Å². The summed E-state index contributed by atoms with van der Waals surface area (Å²) in [5.74, 6) is -2.52. The van der Waals surface area contributed by atoms with Gasteiger partial charge in [0.2, 0.25) is 5.91 Å². The predicted octanol–water partition coefficient (Wildman–Crippen LogP) is 2.91. The second-order valence-corrected chi connectivity index (χ2v) is 11.4. The highest BCUT2D eigenvalue weighted by Crippen LogP contribution is 2.28. The molecule has 3 aromatic rings. The predicted molar refractivity (Wildman–Crippen MR) is 119 cm³/mol. The third-order valence-electron chi connectivity index (χ3n) is 5.45. The number of rotatable bonds is 7. The lowest BCUT2D eigenvalue weighted by Crippen LogP contribution is -2.40. The molecule has 178 valence electrons. The number of nitrogens with one attached hydrogen (secondary N) is 1. The number of thiophene rings is 1. The van der Waals surface area contributed by atoms with E-state index >= 15 is 0 Å². The van der Waals surface area contributed by atoms with E-state index in [4.69, 9.17) is 4.74 Å². The Labute approximate surface area is 194 Å². The number of morpholine rings is 1. The second kappa shape index (κ2) is 9.45. The number of sulfonamides is 1. The van der Waals surface area contributed by atoms with E-state index in [1.165, 1.54) is 21.3 Å². The lowest BCUT2D eigenvalue weighted by molar-refractivity contribution is -0.125. The topological polar surface area (TPSA) is 93.5 Å². The molecule has 1 fully saturated rings. The molecule has 1 atom stereocenters. The molecular weight excluding hydrogens is 474 g/mol. The van der Waals surface area contributed by atoms with Gasteiger partial charge in [0.1, 0.15) is 10.3 Å². The second-order valence-electron chi connectivity index (χ2n) is 8.05. The largest absolute Gasteiger partial charge is 0.379 e. The Hall–Kier alpha value is -2.41. The summed E-state index contributed by atoms with van der Waals surface area (Å²) in [4.78, 5) is 17.8. The first-order valence-electron chi connectivity index (χ1n) is 10.4. The highest BCUT2D eigenvalue weighted by molar-refractivity contribution is 7.91. The Morgan fingerprint density at radius 2 is 1.91 bits per heavy atom. The minimum Gasteiger partial charge on any atom is -0.379 e. The van der Waals surface area contributed by atoms with E-state index in [1.54, 1.807) is 6.07 Å². The molecule has 0 bridgehead atoms. The summed E-state index contributed by atoms with van der Waals surface area (Å²) < 4.78 is 61.3. The molecule has 1 aliphatic rings. The SMILES string of the molecule is CC(C)C(C(=O)NCc1ccc(S(=O)(=O)N2CCOCC2)s1)n1cnc2cc(F)c(F)cc21. The Morgan fingerprint density at radius 1 is 1.21 bits per heavy atom. The molecular formula is C21H24F2N4O4S2. The molecule has 1 unspecified atom stereocenters. The van der Waals surface area contributed by atoms with Gasteiger partial charge in [0, 0.05) is 30.1 Å². The van der Waals surface area contributed by atoms with Gasteiger partial charge in [0.15, 0.2) is 11.6 Å². The van der Waals surface area contributed by atoms with E-state index in [0.717, 1.165) is 23.5 Å². The number of nitrogens with zero attached hydrogens (tertiary/aromatic N) is 3. The fourth-order valence-electron chi connectivity index (χ4n) is 3.78. The van der Waals surface area contributed by atoms with Crippen molar-refractivity contribution in [1.82, 2.24) is 19.2 Å². The molecule has 1 aliphatic heterocycles. The normalized spacial score (nSPS) is 16.4. The first-order valence-corrected chi connectivity index (χ1v) is 12.7. The molecule has 0 saturated carbocycles. The third-order valence-corrected chi connectivity index (χ3v) is 8.91. The van der Waals surface area contributed by atoms with Gasteiger partial charge in [-0.1, -0.05) is 13.8 Å². The van der Waals surface area contributed by atoms with Gasteiger partial charge < -0.3 is 14.6 Å². The van der Waals surface area contributed by atoms with Crippen LogP contribution in [0.25, 0.3) is 11.0 Å². The summed E-state index contributed by atoms with van der Waals surface area (Å²) in [5, 5.41) is 2.83. The van der Waals surface area contributed by atoms with Crippen LogP contribution in [0.3, 0.4) is 0 Å². The van der Waals surface area contributed by atoms with E-state index in [-0.39, 0.29) is 28.1 Å². The zero-order valence-electron chi connectivity index (χ0n) is 18.1. The molecule has 8 nitrogen and oxygen atoms in total. The molecule has 1 N–H and O–H groups in total. The third kappa shape index (κ3) is 4.79. The van der Waals surface area contributed by atoms with E-state index < -0.39 is 27.7 Å². The molecule has 0 radical (unpaired) electrons. The van der Waals surface area contributed by atoms with Crippen molar-refractivity contribution in [1.29, 1.82) is 0 Å². The number of ether oxygens (including phenoxy) is 1. The summed E-state index contributed by atoms with van der Waals surface area (Å²) in [6.45, 7) is 5.17. The van der Waals surface area contributed by atoms with Gasteiger partial charge in [0.25, 0.3) is 10.0 Å². The van der Waals surface area contributed by atoms with Crippen LogP contribution in [0.4, 0.5) is 8.78 Å². The average molecular weight is 499 g/mol. The quantitative estimate of drug-likeness (QED) is 0.541. The van der Waals surface area contributed by atoms with Crippen molar-refractivity contribution in [3.05, 3.63) is 47.1 Å². The average Bonchev–Trinajstić information content (AvgIpc) is 3.41. The summed E-state index contributed by atoms with van der Waals surface area (Å²) in [7, 11) is -3.60. The van der Waals surface area contributed by atoms with Crippen LogP contribution in [0.5, 0.6) is 0 Å². The van der Waals surface area contributed by atoms with Gasteiger partial charge in [-0.15, -0.1) is 11.3 Å². The van der Waals surface area contributed by atoms with Crippen molar-refractivity contribution < 1.29 is 26.7 Å². The molecule has 3 heterocycles. The summed E-state index contributed by atoms with van der Waals surface area (Å²) >= 11 is 1.10. The Bertz CT molecular complexity index is 1270. The summed E-state index contributed by atoms with van der Waals surface area (Å²) in [6.07, 6.45) is 1.39. The smallest absolute Gasteiger partial charge is 0.252 e. The molecule has 1 saturated heterocycles. The maximum Gasteiger partial charge on any atom is 0.252 e. The fraction of sp³-hybridized carbons (Fsp3) is 0.429. The molecule has 12 heteroatoms. The van der Waals surface area contributed by atoms with Crippen molar-refractivity contribution in [3.8, 4) is 0 Å². The summed E-state index contributed by atoms with van der Waals surface area (Å²) in [6, 6.07) is 4.53. The van der Waals surface area contributed by atoms with Crippen LogP contribution in [-0.4, -0.2) is 54.5 Å². The number of amides is 1. The van der Waals surface area contributed by atoms with Gasteiger partial charge in [-0.25, -0.2) is 22.2 Å². The zero-order valence-corrected chi connectivity index (χ0v) is 19.8. The number of carbonyl (C=O) groups is 1. The van der Waals surface area contributed by atoms with E-state index in [9.17, 15) is 22.0 Å². The minimum absolute atomic E-state index is 0.140. The number of imidazole rings is 1. The van der Waals surface area contributed by atoms with Crippen LogP contribution in [0.2, 0.25) is 0 Å². The molecule has 0 spiro atoms. The molecule has 4 rings (SSSR count). The van der Waals surface area contributed by atoms with Crippen LogP contribution in [-0.2, 0) is 26.1 Å². The lowest BCUT2D eigenvalue weighted by atomic mass is 10.0. The first-order chi connectivity index (χ1) is 15.7. The Balaban J connectivity index is 1.49.